The van der Waals surface area contributed by atoms with Crippen molar-refractivity contribution in [1.82, 2.24) is 14.5 Å². The number of hydrogen-bond donors (Lipinski definition) is 1. The zero-order valence-electron chi connectivity index (χ0n) is 20.2. The molecule has 4 aromatic rings. The van der Waals surface area contributed by atoms with E-state index in [0.29, 0.717) is 11.5 Å². The standard InChI is InChI=1S/C28H30N4O2S/c1-15-24-22(34-2)11-19(28(33)32-14-18-7-8-20(32)25(18)29)12-23(24)35-26(15)21-10-17-4-3-9-30-27(17)31(21)13-16-5-6-16/h3-4,9-12,16,18,20,25H,5-8,13-14,29H2,1-2H3/t18?,20?,25-/m1/s1. The summed E-state index contributed by atoms with van der Waals surface area (Å²) in [6.07, 6.45) is 6.61. The summed E-state index contributed by atoms with van der Waals surface area (Å²) in [7, 11) is 1.70. The van der Waals surface area contributed by atoms with Crippen molar-refractivity contribution in [3.8, 4) is 16.3 Å². The molecule has 180 valence electrons. The molecule has 6 nitrogen and oxygen atoms in total. The number of carbonyl (C=O) groups is 1. The summed E-state index contributed by atoms with van der Waals surface area (Å²) in [5.74, 6) is 2.02. The van der Waals surface area contributed by atoms with Crippen LogP contribution in [0.15, 0.2) is 36.5 Å². The number of fused-ring (bicyclic) bond motifs is 4. The van der Waals surface area contributed by atoms with Gasteiger partial charge in [-0.3, -0.25) is 4.79 Å². The van der Waals surface area contributed by atoms with Crippen molar-refractivity contribution < 1.29 is 9.53 Å². The molecule has 4 heterocycles. The normalized spacial score (nSPS) is 23.6. The first kappa shape index (κ1) is 21.4. The molecule has 0 radical (unpaired) electrons. The number of likely N-dealkylation sites (tertiary alicyclic amines) is 1. The lowest BCUT2D eigenvalue weighted by Gasteiger charge is -2.27. The molecule has 2 unspecified atom stereocenters. The van der Waals surface area contributed by atoms with E-state index in [-0.39, 0.29) is 18.0 Å². The summed E-state index contributed by atoms with van der Waals surface area (Å²) >= 11 is 1.75. The van der Waals surface area contributed by atoms with Gasteiger partial charge in [-0.15, -0.1) is 11.3 Å². The van der Waals surface area contributed by atoms with Crippen molar-refractivity contribution in [3.63, 3.8) is 0 Å². The molecular formula is C28H30N4O2S. The number of nitrogens with two attached hydrogens (primary N) is 1. The minimum Gasteiger partial charge on any atom is -0.496 e. The van der Waals surface area contributed by atoms with Crippen LogP contribution in [0.5, 0.6) is 5.75 Å². The number of rotatable bonds is 5. The maximum atomic E-state index is 13.6. The van der Waals surface area contributed by atoms with Crippen molar-refractivity contribution in [2.45, 2.75) is 51.2 Å². The van der Waals surface area contributed by atoms with Crippen LogP contribution < -0.4 is 10.5 Å². The van der Waals surface area contributed by atoms with Gasteiger partial charge >= 0.3 is 0 Å². The van der Waals surface area contributed by atoms with Gasteiger partial charge in [0.2, 0.25) is 0 Å². The zero-order valence-corrected chi connectivity index (χ0v) is 21.0. The summed E-state index contributed by atoms with van der Waals surface area (Å²) in [5.41, 5.74) is 10.5. The topological polar surface area (TPSA) is 73.4 Å². The summed E-state index contributed by atoms with van der Waals surface area (Å²) in [6, 6.07) is 10.7. The molecule has 1 aliphatic heterocycles. The first-order valence-corrected chi connectivity index (χ1v) is 13.5. The van der Waals surface area contributed by atoms with E-state index in [0.717, 1.165) is 53.3 Å². The van der Waals surface area contributed by atoms with Gasteiger partial charge in [0.05, 0.1) is 17.7 Å². The Balaban J connectivity index is 1.35. The molecule has 3 aliphatic rings. The number of carbonyl (C=O) groups excluding carboxylic acids is 1. The van der Waals surface area contributed by atoms with Crippen LogP contribution in [0.3, 0.4) is 0 Å². The molecule has 1 saturated heterocycles. The van der Waals surface area contributed by atoms with Gasteiger partial charge in [0.1, 0.15) is 11.4 Å². The fraction of sp³-hybridized carbons (Fsp3) is 0.429. The smallest absolute Gasteiger partial charge is 0.254 e. The third-order valence-corrected chi connectivity index (χ3v) is 9.66. The van der Waals surface area contributed by atoms with E-state index in [1.54, 1.807) is 18.4 Å². The molecule has 3 atom stereocenters. The molecule has 35 heavy (non-hydrogen) atoms. The van der Waals surface area contributed by atoms with E-state index >= 15 is 0 Å². The van der Waals surface area contributed by atoms with Gasteiger partial charge in [0.15, 0.2) is 0 Å². The first-order chi connectivity index (χ1) is 17.0. The molecule has 1 amide bonds. The molecule has 7 rings (SSSR count). The van der Waals surface area contributed by atoms with E-state index in [1.165, 1.54) is 34.4 Å². The first-order valence-electron chi connectivity index (χ1n) is 12.7. The van der Waals surface area contributed by atoms with E-state index in [2.05, 4.69) is 29.7 Å². The number of ether oxygens (including phenoxy) is 1. The highest BCUT2D eigenvalue weighted by Gasteiger charge is 2.47. The number of methoxy groups -OCH3 is 1. The molecule has 1 aromatic carbocycles. The van der Waals surface area contributed by atoms with Crippen LogP contribution in [0.2, 0.25) is 0 Å². The van der Waals surface area contributed by atoms with Crippen LogP contribution in [-0.2, 0) is 6.54 Å². The molecule has 2 saturated carbocycles. The summed E-state index contributed by atoms with van der Waals surface area (Å²) in [6.45, 7) is 3.94. The lowest BCUT2D eigenvalue weighted by atomic mass is 10.0. The number of amides is 1. The number of thiophene rings is 1. The van der Waals surface area contributed by atoms with E-state index in [4.69, 9.17) is 15.5 Å². The van der Waals surface area contributed by atoms with E-state index < -0.39 is 0 Å². The van der Waals surface area contributed by atoms with Gasteiger partial charge in [0, 0.05) is 52.4 Å². The Morgan fingerprint density at radius 2 is 2.09 bits per heavy atom. The largest absolute Gasteiger partial charge is 0.496 e. The minimum atomic E-state index is 0.0764. The van der Waals surface area contributed by atoms with E-state index in [1.807, 2.05) is 23.2 Å². The number of benzene rings is 1. The predicted octanol–water partition coefficient (Wildman–Crippen LogP) is 5.21. The van der Waals surface area contributed by atoms with Gasteiger partial charge in [0.25, 0.3) is 5.91 Å². The molecule has 2 N–H and O–H groups in total. The third kappa shape index (κ3) is 3.24. The average molecular weight is 487 g/mol. The van der Waals surface area contributed by atoms with Gasteiger partial charge in [-0.1, -0.05) is 0 Å². The highest BCUT2D eigenvalue weighted by Crippen LogP contribution is 2.46. The Morgan fingerprint density at radius 3 is 2.80 bits per heavy atom. The fourth-order valence-corrected chi connectivity index (χ4v) is 7.63. The molecule has 3 fully saturated rings. The molecular weight excluding hydrogens is 456 g/mol. The molecule has 0 spiro atoms. The number of piperidine rings is 1. The molecule has 2 bridgehead atoms. The van der Waals surface area contributed by atoms with E-state index in [9.17, 15) is 4.79 Å². The van der Waals surface area contributed by atoms with Crippen molar-refractivity contribution in [3.05, 3.63) is 47.7 Å². The second kappa shape index (κ2) is 7.80. The lowest BCUT2D eigenvalue weighted by molar-refractivity contribution is 0.0700. The van der Waals surface area contributed by atoms with Gasteiger partial charge in [-0.2, -0.15) is 0 Å². The van der Waals surface area contributed by atoms with Crippen LogP contribution in [0.1, 0.15) is 41.6 Å². The van der Waals surface area contributed by atoms with Crippen LogP contribution in [0.25, 0.3) is 31.7 Å². The monoisotopic (exact) mass is 486 g/mol. The number of pyridine rings is 1. The molecule has 7 heteroatoms. The third-order valence-electron chi connectivity index (χ3n) is 8.40. The van der Waals surface area contributed by atoms with Crippen LogP contribution in [0, 0.1) is 18.8 Å². The van der Waals surface area contributed by atoms with Gasteiger partial charge in [-0.05, 0) is 80.3 Å². The number of aryl methyl sites for hydroxylation is 1. The summed E-state index contributed by atoms with van der Waals surface area (Å²) in [4.78, 5) is 21.5. The van der Waals surface area contributed by atoms with Crippen molar-refractivity contribution >= 4 is 38.4 Å². The molecule has 2 aliphatic carbocycles. The maximum Gasteiger partial charge on any atom is 0.254 e. The quantitative estimate of drug-likeness (QED) is 0.420. The van der Waals surface area contributed by atoms with Crippen LogP contribution in [0.4, 0.5) is 0 Å². The number of hydrogen-bond acceptors (Lipinski definition) is 5. The lowest BCUT2D eigenvalue weighted by Crippen LogP contribution is -2.41. The van der Waals surface area contributed by atoms with Crippen LogP contribution in [-0.4, -0.2) is 46.1 Å². The summed E-state index contributed by atoms with van der Waals surface area (Å²) < 4.78 is 9.33. The van der Waals surface area contributed by atoms with Crippen molar-refractivity contribution in [2.75, 3.05) is 13.7 Å². The predicted molar refractivity (Wildman–Crippen MR) is 140 cm³/mol. The Bertz CT molecular complexity index is 1480. The Kier molecular flexibility index (Phi) is 4.77. The van der Waals surface area contributed by atoms with Crippen molar-refractivity contribution in [2.24, 2.45) is 17.6 Å². The van der Waals surface area contributed by atoms with Gasteiger partial charge in [-0.25, -0.2) is 4.98 Å². The fourth-order valence-electron chi connectivity index (χ4n) is 6.34. The second-order valence-corrected chi connectivity index (χ2v) is 11.6. The highest BCUT2D eigenvalue weighted by molar-refractivity contribution is 7.22. The van der Waals surface area contributed by atoms with Crippen molar-refractivity contribution in [1.29, 1.82) is 0 Å². The Hall–Kier alpha value is -2.90. The Morgan fingerprint density at radius 1 is 1.23 bits per heavy atom. The Labute approximate surface area is 208 Å². The number of nitrogens with zero attached hydrogens (tertiary/aromatic N) is 3. The van der Waals surface area contributed by atoms with Gasteiger partial charge < -0.3 is 19.9 Å². The average Bonchev–Trinajstić information content (AvgIpc) is 3.27. The zero-order chi connectivity index (χ0) is 23.8. The summed E-state index contributed by atoms with van der Waals surface area (Å²) in [5, 5.41) is 2.27. The maximum absolute atomic E-state index is 13.6. The SMILES string of the molecule is COc1cc(C(=O)N2CC3CCC2[C@@H]3N)cc2sc(-c3cc4cccnc4n3CC3CC3)c(C)c12. The highest BCUT2D eigenvalue weighted by atomic mass is 32.1. The minimum absolute atomic E-state index is 0.0764. The second-order valence-electron chi connectivity index (χ2n) is 10.5. The number of aromatic nitrogens is 2. The molecule has 3 aromatic heterocycles. The van der Waals surface area contributed by atoms with Crippen LogP contribution >= 0.6 is 11.3 Å².